The van der Waals surface area contributed by atoms with Crippen LogP contribution in [0, 0.1) is 0 Å². The molecule has 1 aliphatic carbocycles. The van der Waals surface area contributed by atoms with Crippen LogP contribution in [0.2, 0.25) is 0 Å². The Morgan fingerprint density at radius 2 is 2.00 bits per heavy atom. The fourth-order valence-corrected chi connectivity index (χ4v) is 3.18. The maximum Gasteiger partial charge on any atom is 0.421 e. The molecule has 1 atom stereocenters. The number of alkyl halides is 3. The van der Waals surface area contributed by atoms with Crippen molar-refractivity contribution in [3.63, 3.8) is 0 Å². The summed E-state index contributed by atoms with van der Waals surface area (Å²) in [5.74, 6) is 0.222. The number of nitrogens with one attached hydrogen (secondary N) is 1. The minimum Gasteiger partial charge on any atom is -0.367 e. The average molecular weight is 349 g/mol. The first-order chi connectivity index (χ1) is 12.0. The van der Waals surface area contributed by atoms with Crippen molar-refractivity contribution in [1.82, 2.24) is 15.0 Å². The Labute approximate surface area is 143 Å². The molecule has 1 N–H and O–H groups in total. The number of halogens is 3. The fraction of sp³-hybridized carbons (Fsp3) is 0.471. The van der Waals surface area contributed by atoms with Crippen molar-refractivity contribution in [2.75, 3.05) is 16.8 Å². The number of rotatable bonds is 4. The van der Waals surface area contributed by atoms with Crippen molar-refractivity contribution in [1.29, 1.82) is 0 Å². The molecule has 4 rings (SSSR count). The van der Waals surface area contributed by atoms with Crippen molar-refractivity contribution in [2.45, 2.75) is 43.9 Å². The van der Waals surface area contributed by atoms with Crippen molar-refractivity contribution >= 4 is 11.8 Å². The fourth-order valence-electron chi connectivity index (χ4n) is 3.18. The van der Waals surface area contributed by atoms with Crippen LogP contribution in [0.5, 0.6) is 0 Å². The predicted molar refractivity (Wildman–Crippen MR) is 87.2 cm³/mol. The molecule has 1 saturated heterocycles. The Balaban J connectivity index is 1.67. The van der Waals surface area contributed by atoms with Gasteiger partial charge in [0.25, 0.3) is 0 Å². The number of hydrogen-bond acceptors (Lipinski definition) is 5. The highest BCUT2D eigenvalue weighted by Crippen LogP contribution is 2.39. The van der Waals surface area contributed by atoms with Gasteiger partial charge < -0.3 is 10.2 Å². The summed E-state index contributed by atoms with van der Waals surface area (Å²) in [5.41, 5.74) is 0.223. The van der Waals surface area contributed by atoms with Crippen LogP contribution in [0.3, 0.4) is 0 Å². The Bertz CT molecular complexity index is 746. The van der Waals surface area contributed by atoms with Crippen LogP contribution in [0.15, 0.2) is 30.7 Å². The predicted octanol–water partition coefficient (Wildman–Crippen LogP) is 3.81. The van der Waals surface area contributed by atoms with E-state index in [4.69, 9.17) is 0 Å². The molecule has 0 spiro atoms. The van der Waals surface area contributed by atoms with E-state index >= 15 is 0 Å². The topological polar surface area (TPSA) is 53.9 Å². The molecule has 0 aromatic carbocycles. The lowest BCUT2D eigenvalue weighted by atomic mass is 10.1. The van der Waals surface area contributed by atoms with Crippen LogP contribution in [0.1, 0.15) is 42.9 Å². The number of hydrogen-bond donors (Lipinski definition) is 1. The highest BCUT2D eigenvalue weighted by molar-refractivity contribution is 5.52. The minimum absolute atomic E-state index is 0.0409. The highest BCUT2D eigenvalue weighted by Gasteiger charge is 2.38. The Morgan fingerprint density at radius 3 is 2.68 bits per heavy atom. The van der Waals surface area contributed by atoms with Crippen molar-refractivity contribution in [2.24, 2.45) is 0 Å². The summed E-state index contributed by atoms with van der Waals surface area (Å²) in [4.78, 5) is 14.4. The molecule has 0 unspecified atom stereocenters. The van der Waals surface area contributed by atoms with Gasteiger partial charge in [-0.15, -0.1) is 0 Å². The Hall–Kier alpha value is -2.38. The molecule has 1 saturated carbocycles. The SMILES string of the molecule is FC(F)(F)c1cnc(N2CCC[C@H]2c2cccnc2)nc1NC1CC1. The van der Waals surface area contributed by atoms with E-state index in [1.54, 1.807) is 12.4 Å². The maximum atomic E-state index is 13.2. The smallest absolute Gasteiger partial charge is 0.367 e. The van der Waals surface area contributed by atoms with Gasteiger partial charge in [0, 0.05) is 31.2 Å². The molecule has 2 aliphatic rings. The molecule has 1 aliphatic heterocycles. The van der Waals surface area contributed by atoms with E-state index in [0.717, 1.165) is 37.4 Å². The second-order valence-electron chi connectivity index (χ2n) is 6.49. The largest absolute Gasteiger partial charge is 0.421 e. The zero-order valence-corrected chi connectivity index (χ0v) is 13.5. The molecular weight excluding hydrogens is 331 g/mol. The third-order valence-corrected chi connectivity index (χ3v) is 4.58. The van der Waals surface area contributed by atoms with Gasteiger partial charge in [-0.1, -0.05) is 6.07 Å². The number of aromatic nitrogens is 3. The maximum absolute atomic E-state index is 13.2. The molecule has 132 valence electrons. The van der Waals surface area contributed by atoms with Gasteiger partial charge in [-0.05, 0) is 37.3 Å². The van der Waals surface area contributed by atoms with Gasteiger partial charge in [-0.25, -0.2) is 4.98 Å². The normalized spacial score (nSPS) is 20.8. The van der Waals surface area contributed by atoms with Gasteiger partial charge in [0.15, 0.2) is 0 Å². The van der Waals surface area contributed by atoms with E-state index in [2.05, 4.69) is 20.3 Å². The third-order valence-electron chi connectivity index (χ3n) is 4.58. The summed E-state index contributed by atoms with van der Waals surface area (Å²) in [6.07, 6.45) is 3.51. The standard InChI is InChI=1S/C17H18F3N5/c18-17(19,20)13-10-22-16(24-15(13)23-12-5-6-12)25-8-2-4-14(25)11-3-1-7-21-9-11/h1,3,7,9-10,12,14H,2,4-6,8H2,(H,22,23,24)/t14-/m0/s1. The summed E-state index contributed by atoms with van der Waals surface area (Å²) in [7, 11) is 0. The Kier molecular flexibility index (Phi) is 3.97. The summed E-state index contributed by atoms with van der Waals surface area (Å²) in [6, 6.07) is 3.96. The van der Waals surface area contributed by atoms with E-state index < -0.39 is 11.7 Å². The third kappa shape index (κ3) is 3.38. The lowest BCUT2D eigenvalue weighted by Gasteiger charge is -2.26. The number of anilines is 2. The monoisotopic (exact) mass is 349 g/mol. The number of nitrogens with zero attached hydrogens (tertiary/aromatic N) is 4. The molecule has 2 aromatic rings. The lowest BCUT2D eigenvalue weighted by Crippen LogP contribution is -2.26. The molecular formula is C17H18F3N5. The first-order valence-corrected chi connectivity index (χ1v) is 8.40. The zero-order valence-electron chi connectivity index (χ0n) is 13.5. The molecule has 0 radical (unpaired) electrons. The second kappa shape index (κ2) is 6.16. The van der Waals surface area contributed by atoms with Crippen molar-refractivity contribution in [3.05, 3.63) is 41.9 Å². The van der Waals surface area contributed by atoms with Gasteiger partial charge in [0.05, 0.1) is 6.04 Å². The van der Waals surface area contributed by atoms with Crippen molar-refractivity contribution < 1.29 is 13.2 Å². The minimum atomic E-state index is -4.47. The van der Waals surface area contributed by atoms with E-state index in [9.17, 15) is 13.2 Å². The molecule has 3 heterocycles. The van der Waals surface area contributed by atoms with E-state index in [1.165, 1.54) is 0 Å². The van der Waals surface area contributed by atoms with Crippen LogP contribution in [0.4, 0.5) is 24.9 Å². The quantitative estimate of drug-likeness (QED) is 0.910. The summed E-state index contributed by atoms with van der Waals surface area (Å²) in [5, 5.41) is 2.90. The van der Waals surface area contributed by atoms with Gasteiger partial charge in [0.2, 0.25) is 5.95 Å². The van der Waals surface area contributed by atoms with Crippen LogP contribution < -0.4 is 10.2 Å². The van der Waals surface area contributed by atoms with Crippen LogP contribution in [-0.4, -0.2) is 27.5 Å². The first kappa shape index (κ1) is 16.1. The lowest BCUT2D eigenvalue weighted by molar-refractivity contribution is -0.137. The Morgan fingerprint density at radius 1 is 1.16 bits per heavy atom. The van der Waals surface area contributed by atoms with E-state index in [0.29, 0.717) is 12.5 Å². The highest BCUT2D eigenvalue weighted by atomic mass is 19.4. The second-order valence-corrected chi connectivity index (χ2v) is 6.49. The van der Waals surface area contributed by atoms with Crippen LogP contribution in [-0.2, 0) is 6.18 Å². The van der Waals surface area contributed by atoms with Gasteiger partial charge >= 0.3 is 6.18 Å². The zero-order chi connectivity index (χ0) is 17.4. The molecule has 8 heteroatoms. The molecule has 2 fully saturated rings. The van der Waals surface area contributed by atoms with Gasteiger partial charge in [-0.2, -0.15) is 18.2 Å². The molecule has 2 aromatic heterocycles. The van der Waals surface area contributed by atoms with Gasteiger partial charge in [0.1, 0.15) is 11.4 Å². The summed E-state index contributed by atoms with van der Waals surface area (Å²) >= 11 is 0. The van der Waals surface area contributed by atoms with E-state index in [-0.39, 0.29) is 17.9 Å². The summed E-state index contributed by atoms with van der Waals surface area (Å²) < 4.78 is 39.7. The van der Waals surface area contributed by atoms with Crippen molar-refractivity contribution in [3.8, 4) is 0 Å². The van der Waals surface area contributed by atoms with E-state index in [1.807, 2.05) is 17.0 Å². The van der Waals surface area contributed by atoms with Gasteiger partial charge in [-0.3, -0.25) is 4.98 Å². The van der Waals surface area contributed by atoms with Crippen LogP contribution >= 0.6 is 0 Å². The molecule has 25 heavy (non-hydrogen) atoms. The number of pyridine rings is 1. The molecule has 5 nitrogen and oxygen atoms in total. The average Bonchev–Trinajstić information content (AvgIpc) is 3.26. The van der Waals surface area contributed by atoms with Crippen LogP contribution in [0.25, 0.3) is 0 Å². The first-order valence-electron chi connectivity index (χ1n) is 8.40. The molecule has 0 amide bonds. The summed E-state index contributed by atoms with van der Waals surface area (Å²) in [6.45, 7) is 0.716. The molecule has 0 bridgehead atoms.